The summed E-state index contributed by atoms with van der Waals surface area (Å²) in [5, 5.41) is 15.4. The Kier molecular flexibility index (Phi) is 4.95. The molecular formula is C28H30N2O5. The van der Waals surface area contributed by atoms with E-state index in [1.807, 2.05) is 24.3 Å². The fourth-order valence-electron chi connectivity index (χ4n) is 6.45. The third kappa shape index (κ3) is 3.60. The second-order valence-electron chi connectivity index (χ2n) is 10.9. The second-order valence-corrected chi connectivity index (χ2v) is 10.9. The van der Waals surface area contributed by atoms with Gasteiger partial charge in [0.25, 0.3) is 0 Å². The summed E-state index contributed by atoms with van der Waals surface area (Å²) in [5.74, 6) is -0.868. The van der Waals surface area contributed by atoms with Gasteiger partial charge in [-0.3, -0.25) is 9.59 Å². The van der Waals surface area contributed by atoms with E-state index in [0.29, 0.717) is 19.3 Å². The van der Waals surface area contributed by atoms with Crippen molar-refractivity contribution in [3.8, 4) is 11.1 Å². The lowest BCUT2D eigenvalue weighted by atomic mass is 9.93. The fraction of sp³-hybridized carbons (Fsp3) is 0.464. The predicted octanol–water partition coefficient (Wildman–Crippen LogP) is 4.06. The van der Waals surface area contributed by atoms with Gasteiger partial charge in [-0.1, -0.05) is 48.5 Å². The molecule has 6 rings (SSSR count). The van der Waals surface area contributed by atoms with Gasteiger partial charge in [-0.05, 0) is 73.1 Å². The summed E-state index contributed by atoms with van der Waals surface area (Å²) in [4.78, 5) is 37.8. The Bertz CT molecular complexity index is 1180. The summed E-state index contributed by atoms with van der Waals surface area (Å²) in [6, 6.07) is 16.2. The summed E-state index contributed by atoms with van der Waals surface area (Å²) in [6.07, 6.45) is 2.97. The largest absolute Gasteiger partial charge is 0.481 e. The highest BCUT2D eigenvalue weighted by Crippen LogP contribution is 2.63. The van der Waals surface area contributed by atoms with E-state index in [-0.39, 0.29) is 36.3 Å². The van der Waals surface area contributed by atoms with Crippen molar-refractivity contribution in [2.45, 2.75) is 56.5 Å². The Hall–Kier alpha value is -3.35. The van der Waals surface area contributed by atoms with Crippen LogP contribution in [0.4, 0.5) is 4.79 Å². The number of carbonyl (C=O) groups is 3. The van der Waals surface area contributed by atoms with Crippen molar-refractivity contribution in [1.29, 1.82) is 0 Å². The average molecular weight is 475 g/mol. The maximum absolute atomic E-state index is 13.3. The molecule has 4 aliphatic carbocycles. The van der Waals surface area contributed by atoms with Gasteiger partial charge < -0.3 is 20.5 Å². The molecular weight excluding hydrogens is 444 g/mol. The number of ether oxygens (including phenoxy) is 1. The highest BCUT2D eigenvalue weighted by molar-refractivity contribution is 5.91. The number of fused-ring (bicyclic) bond motifs is 4. The summed E-state index contributed by atoms with van der Waals surface area (Å²) >= 11 is 0. The number of carboxylic acid groups (broad SMARTS) is 1. The highest BCUT2D eigenvalue weighted by Gasteiger charge is 2.66. The molecule has 35 heavy (non-hydrogen) atoms. The third-order valence-corrected chi connectivity index (χ3v) is 8.74. The first kappa shape index (κ1) is 22.1. The first-order valence-corrected chi connectivity index (χ1v) is 12.5. The van der Waals surface area contributed by atoms with Crippen LogP contribution in [0, 0.1) is 17.3 Å². The molecule has 3 N–H and O–H groups in total. The summed E-state index contributed by atoms with van der Waals surface area (Å²) in [5.41, 5.74) is 2.86. The van der Waals surface area contributed by atoms with Gasteiger partial charge >= 0.3 is 12.1 Å². The predicted molar refractivity (Wildman–Crippen MR) is 129 cm³/mol. The molecule has 1 unspecified atom stereocenters. The zero-order valence-electron chi connectivity index (χ0n) is 19.8. The van der Waals surface area contributed by atoms with Gasteiger partial charge in [0.1, 0.15) is 12.1 Å². The number of carbonyl (C=O) groups excluding carboxylic acids is 2. The van der Waals surface area contributed by atoms with Crippen molar-refractivity contribution in [2.24, 2.45) is 17.3 Å². The molecule has 0 aliphatic heterocycles. The first-order chi connectivity index (χ1) is 16.8. The van der Waals surface area contributed by atoms with Gasteiger partial charge in [0, 0.05) is 12.0 Å². The van der Waals surface area contributed by atoms with E-state index in [1.54, 1.807) is 6.92 Å². The van der Waals surface area contributed by atoms with Crippen molar-refractivity contribution < 1.29 is 24.2 Å². The van der Waals surface area contributed by atoms with Gasteiger partial charge in [-0.2, -0.15) is 0 Å². The highest BCUT2D eigenvalue weighted by atomic mass is 16.5. The number of benzene rings is 2. The van der Waals surface area contributed by atoms with Gasteiger partial charge in [-0.25, -0.2) is 4.79 Å². The minimum Gasteiger partial charge on any atom is -0.481 e. The zero-order valence-corrected chi connectivity index (χ0v) is 19.8. The Morgan fingerprint density at radius 3 is 2.23 bits per heavy atom. The quantitative estimate of drug-likeness (QED) is 0.561. The minimum absolute atomic E-state index is 0.0485. The van der Waals surface area contributed by atoms with Crippen LogP contribution in [0.3, 0.4) is 0 Å². The van der Waals surface area contributed by atoms with Crippen molar-refractivity contribution in [3.63, 3.8) is 0 Å². The zero-order chi connectivity index (χ0) is 24.4. The molecule has 3 fully saturated rings. The van der Waals surface area contributed by atoms with E-state index in [0.717, 1.165) is 35.1 Å². The van der Waals surface area contributed by atoms with Gasteiger partial charge in [-0.15, -0.1) is 0 Å². The van der Waals surface area contributed by atoms with E-state index in [1.165, 1.54) is 0 Å². The van der Waals surface area contributed by atoms with Gasteiger partial charge in [0.2, 0.25) is 5.91 Å². The molecule has 7 nitrogen and oxygen atoms in total. The molecule has 2 aromatic rings. The molecule has 4 atom stereocenters. The van der Waals surface area contributed by atoms with Crippen LogP contribution in [-0.2, 0) is 14.3 Å². The van der Waals surface area contributed by atoms with Crippen LogP contribution < -0.4 is 10.6 Å². The molecule has 2 amide bonds. The number of carboxylic acids is 1. The number of nitrogens with one attached hydrogen (secondary N) is 2. The van der Waals surface area contributed by atoms with E-state index >= 15 is 0 Å². The molecule has 7 heteroatoms. The molecule has 182 valence electrons. The van der Waals surface area contributed by atoms with Gasteiger partial charge in [0.15, 0.2) is 0 Å². The van der Waals surface area contributed by atoms with Crippen LogP contribution in [0.2, 0.25) is 0 Å². The number of alkyl carbamates (subject to hydrolysis) is 1. The Labute approximate surface area is 204 Å². The first-order valence-electron chi connectivity index (χ1n) is 12.5. The second kappa shape index (κ2) is 7.83. The molecule has 3 saturated carbocycles. The SMILES string of the molecule is CC(NC(=O)OCC1c2ccccc2-c2ccccc21)(C(=O)N[C@@H]1C[C@H]2C[C@@]2(C(=O)O)C1)C1CC1. The maximum Gasteiger partial charge on any atom is 0.408 e. The lowest BCUT2D eigenvalue weighted by Crippen LogP contribution is -2.60. The third-order valence-electron chi connectivity index (χ3n) is 8.74. The molecule has 0 spiro atoms. The molecule has 0 bridgehead atoms. The Morgan fingerprint density at radius 1 is 1.03 bits per heavy atom. The van der Waals surface area contributed by atoms with Crippen LogP contribution in [0.5, 0.6) is 0 Å². The molecule has 4 aliphatic rings. The Balaban J connectivity index is 1.11. The van der Waals surface area contributed by atoms with E-state index in [4.69, 9.17) is 4.74 Å². The smallest absolute Gasteiger partial charge is 0.408 e. The number of amides is 2. The van der Waals surface area contributed by atoms with Gasteiger partial charge in [0.05, 0.1) is 5.41 Å². The summed E-state index contributed by atoms with van der Waals surface area (Å²) in [6.45, 7) is 1.94. The summed E-state index contributed by atoms with van der Waals surface area (Å²) in [7, 11) is 0. The fourth-order valence-corrected chi connectivity index (χ4v) is 6.45. The lowest BCUT2D eigenvalue weighted by Gasteiger charge is -2.31. The topological polar surface area (TPSA) is 105 Å². The summed E-state index contributed by atoms with van der Waals surface area (Å²) < 4.78 is 5.70. The molecule has 0 aromatic heterocycles. The normalized spacial score (nSPS) is 27.7. The Morgan fingerprint density at radius 2 is 1.66 bits per heavy atom. The number of rotatable bonds is 7. The van der Waals surface area contributed by atoms with Crippen LogP contribution >= 0.6 is 0 Å². The van der Waals surface area contributed by atoms with Crippen molar-refractivity contribution in [2.75, 3.05) is 6.61 Å². The van der Waals surface area contributed by atoms with Crippen LogP contribution in [0.15, 0.2) is 48.5 Å². The van der Waals surface area contributed by atoms with Crippen LogP contribution in [0.1, 0.15) is 56.1 Å². The van der Waals surface area contributed by atoms with Crippen LogP contribution in [0.25, 0.3) is 11.1 Å². The van der Waals surface area contributed by atoms with Crippen molar-refractivity contribution in [1.82, 2.24) is 10.6 Å². The van der Waals surface area contributed by atoms with E-state index in [2.05, 4.69) is 34.9 Å². The van der Waals surface area contributed by atoms with Crippen molar-refractivity contribution >= 4 is 18.0 Å². The number of hydrogen-bond acceptors (Lipinski definition) is 4. The van der Waals surface area contributed by atoms with E-state index in [9.17, 15) is 19.5 Å². The molecule has 0 saturated heterocycles. The lowest BCUT2D eigenvalue weighted by molar-refractivity contribution is -0.144. The number of aliphatic carboxylic acids is 1. The molecule has 0 heterocycles. The van der Waals surface area contributed by atoms with E-state index < -0.39 is 23.0 Å². The maximum atomic E-state index is 13.3. The number of hydrogen-bond donors (Lipinski definition) is 3. The van der Waals surface area contributed by atoms with Crippen molar-refractivity contribution in [3.05, 3.63) is 59.7 Å². The molecule has 0 radical (unpaired) electrons. The molecule has 2 aromatic carbocycles. The minimum atomic E-state index is -1.08. The standard InChI is InChI=1S/C28H30N2O5/c1-27(16-10-11-16,24(31)29-18-12-17-13-28(17,14-18)25(32)33)30-26(34)35-15-23-21-8-4-2-6-19(21)20-7-3-5-9-22(20)23/h2-9,16-18,23H,10-15H2,1H3,(H,29,31)(H,30,34)(H,32,33)/t17-,18+,27?,28+/m0/s1. The average Bonchev–Trinajstić information content (AvgIpc) is 3.76. The van der Waals surface area contributed by atoms with Crippen LogP contribution in [-0.4, -0.2) is 41.3 Å². The monoisotopic (exact) mass is 474 g/mol.